The first-order valence-electron chi connectivity index (χ1n) is 8.26. The van der Waals surface area contributed by atoms with E-state index in [0.717, 1.165) is 16.5 Å². The van der Waals surface area contributed by atoms with Gasteiger partial charge in [0.15, 0.2) is 0 Å². The third-order valence-electron chi connectivity index (χ3n) is 4.13. The molecule has 0 aliphatic carbocycles. The number of aromatic nitrogens is 3. The van der Waals surface area contributed by atoms with Gasteiger partial charge in [0, 0.05) is 17.5 Å². The molecule has 0 aliphatic heterocycles. The molecule has 27 heavy (non-hydrogen) atoms. The largest absolute Gasteiger partial charge is 0.423 e. The predicted molar refractivity (Wildman–Crippen MR) is 97.7 cm³/mol. The molecule has 0 spiro atoms. The minimum absolute atomic E-state index is 0.313. The zero-order valence-electron chi connectivity index (χ0n) is 14.5. The van der Waals surface area contributed by atoms with Crippen molar-refractivity contribution in [3.63, 3.8) is 0 Å². The van der Waals surface area contributed by atoms with E-state index in [1.165, 1.54) is 12.4 Å². The molecule has 0 N–H and O–H groups in total. The number of carbonyl (C=O) groups is 1. The molecule has 0 fully saturated rings. The van der Waals surface area contributed by atoms with Gasteiger partial charge in [0.2, 0.25) is 0 Å². The van der Waals surface area contributed by atoms with Gasteiger partial charge in [-0.15, -0.1) is 0 Å². The Hall–Kier alpha value is -3.74. The molecule has 0 aliphatic rings. The Bertz CT molecular complexity index is 1160. The molecule has 134 valence electrons. The number of rotatable bonds is 4. The summed E-state index contributed by atoms with van der Waals surface area (Å²) >= 11 is 0. The van der Waals surface area contributed by atoms with Gasteiger partial charge in [-0.1, -0.05) is 12.1 Å². The van der Waals surface area contributed by atoms with Gasteiger partial charge in [0.1, 0.15) is 24.0 Å². The molecule has 2 aromatic carbocycles. The van der Waals surface area contributed by atoms with Crippen LogP contribution in [0.25, 0.3) is 11.0 Å². The van der Waals surface area contributed by atoms with Gasteiger partial charge in [0.25, 0.3) is 0 Å². The van der Waals surface area contributed by atoms with Crippen LogP contribution in [-0.2, 0) is 6.54 Å². The zero-order chi connectivity index (χ0) is 18.8. The van der Waals surface area contributed by atoms with Crippen LogP contribution in [0.1, 0.15) is 21.5 Å². The van der Waals surface area contributed by atoms with Crippen molar-refractivity contribution in [3.8, 4) is 5.75 Å². The maximum absolute atomic E-state index is 12.4. The molecule has 0 amide bonds. The van der Waals surface area contributed by atoms with Crippen molar-refractivity contribution in [2.75, 3.05) is 0 Å². The van der Waals surface area contributed by atoms with Gasteiger partial charge >= 0.3 is 11.6 Å². The molecule has 4 aromatic rings. The van der Waals surface area contributed by atoms with E-state index in [4.69, 9.17) is 9.15 Å². The Morgan fingerprint density at radius 3 is 2.70 bits per heavy atom. The van der Waals surface area contributed by atoms with Crippen LogP contribution >= 0.6 is 0 Å². The summed E-state index contributed by atoms with van der Waals surface area (Å²) < 4.78 is 12.3. The number of esters is 1. The van der Waals surface area contributed by atoms with Crippen LogP contribution in [0, 0.1) is 6.92 Å². The standard InChI is InChI=1S/C20H15N3O4/c1-13-8-19(24)27-18-9-16(6-7-17(13)18)26-20(25)15-4-2-14(3-5-15)10-23-12-21-11-22-23/h2-9,11-12H,10H2,1H3. The number of nitrogens with zero attached hydrogens (tertiary/aromatic N) is 3. The number of aryl methyl sites for hydroxylation is 1. The Labute approximate surface area is 153 Å². The van der Waals surface area contributed by atoms with Crippen molar-refractivity contribution in [1.82, 2.24) is 14.8 Å². The molecule has 0 saturated carbocycles. The van der Waals surface area contributed by atoms with Crippen molar-refractivity contribution < 1.29 is 13.9 Å². The lowest BCUT2D eigenvalue weighted by molar-refractivity contribution is 0.0735. The van der Waals surface area contributed by atoms with Crippen LogP contribution in [-0.4, -0.2) is 20.7 Å². The van der Waals surface area contributed by atoms with Gasteiger partial charge < -0.3 is 9.15 Å². The molecule has 7 heteroatoms. The second kappa shape index (κ2) is 6.87. The fourth-order valence-electron chi connectivity index (χ4n) is 2.78. The molecule has 4 rings (SSSR count). The smallest absolute Gasteiger partial charge is 0.343 e. The van der Waals surface area contributed by atoms with Gasteiger partial charge in [0.05, 0.1) is 12.1 Å². The normalized spacial score (nSPS) is 10.9. The third-order valence-corrected chi connectivity index (χ3v) is 4.13. The summed E-state index contributed by atoms with van der Waals surface area (Å²) in [6.45, 7) is 2.39. The molecular formula is C20H15N3O4. The Kier molecular flexibility index (Phi) is 4.25. The van der Waals surface area contributed by atoms with Gasteiger partial charge in [-0.2, -0.15) is 5.10 Å². The first-order valence-corrected chi connectivity index (χ1v) is 8.26. The fraction of sp³-hybridized carbons (Fsp3) is 0.100. The molecule has 0 unspecified atom stereocenters. The van der Waals surface area contributed by atoms with Crippen molar-refractivity contribution in [2.45, 2.75) is 13.5 Å². The van der Waals surface area contributed by atoms with E-state index in [1.807, 2.05) is 19.1 Å². The first-order chi connectivity index (χ1) is 13.1. The van der Waals surface area contributed by atoms with Gasteiger partial charge in [-0.3, -0.25) is 0 Å². The third kappa shape index (κ3) is 3.62. The average Bonchev–Trinajstić information content (AvgIpc) is 3.15. The maximum Gasteiger partial charge on any atom is 0.343 e. The van der Waals surface area contributed by atoms with Crippen molar-refractivity contribution in [3.05, 3.63) is 88.3 Å². The minimum atomic E-state index is -0.489. The summed E-state index contributed by atoms with van der Waals surface area (Å²) in [4.78, 5) is 27.8. The zero-order valence-corrected chi connectivity index (χ0v) is 14.5. The topological polar surface area (TPSA) is 87.2 Å². The van der Waals surface area contributed by atoms with Crippen LogP contribution < -0.4 is 10.4 Å². The van der Waals surface area contributed by atoms with Crippen LogP contribution in [0.2, 0.25) is 0 Å². The molecule has 0 saturated heterocycles. The summed E-state index contributed by atoms with van der Waals surface area (Å²) in [5.41, 5.74) is 2.16. The van der Waals surface area contributed by atoms with Crippen LogP contribution in [0.5, 0.6) is 5.75 Å². The number of ether oxygens (including phenoxy) is 1. The number of fused-ring (bicyclic) bond motifs is 1. The van der Waals surface area contributed by atoms with Crippen LogP contribution in [0.15, 0.2) is 70.4 Å². The number of carbonyl (C=O) groups excluding carboxylic acids is 1. The Morgan fingerprint density at radius 2 is 1.96 bits per heavy atom. The molecular weight excluding hydrogens is 346 g/mol. The highest BCUT2D eigenvalue weighted by atomic mass is 16.5. The first kappa shape index (κ1) is 16.7. The molecule has 7 nitrogen and oxygen atoms in total. The average molecular weight is 361 g/mol. The van der Waals surface area contributed by atoms with E-state index < -0.39 is 11.6 Å². The van der Waals surface area contributed by atoms with E-state index in [-0.39, 0.29) is 0 Å². The van der Waals surface area contributed by atoms with Crippen molar-refractivity contribution >= 4 is 16.9 Å². The van der Waals surface area contributed by atoms with E-state index in [0.29, 0.717) is 23.4 Å². The highest BCUT2D eigenvalue weighted by Gasteiger charge is 2.11. The summed E-state index contributed by atoms with van der Waals surface area (Å²) in [5, 5.41) is 4.84. The predicted octanol–water partition coefficient (Wildman–Crippen LogP) is 2.96. The lowest BCUT2D eigenvalue weighted by Crippen LogP contribution is -2.09. The molecule has 2 aromatic heterocycles. The van der Waals surface area contributed by atoms with Crippen molar-refractivity contribution in [2.24, 2.45) is 0 Å². The van der Waals surface area contributed by atoms with Crippen molar-refractivity contribution in [1.29, 1.82) is 0 Å². The number of hydrogen-bond acceptors (Lipinski definition) is 6. The highest BCUT2D eigenvalue weighted by molar-refractivity contribution is 5.91. The fourth-order valence-corrected chi connectivity index (χ4v) is 2.78. The molecule has 0 atom stereocenters. The van der Waals surface area contributed by atoms with Gasteiger partial charge in [-0.25, -0.2) is 19.3 Å². The Balaban J connectivity index is 1.51. The summed E-state index contributed by atoms with van der Waals surface area (Å²) in [6, 6.07) is 13.5. The van der Waals surface area contributed by atoms with E-state index >= 15 is 0 Å². The summed E-state index contributed by atoms with van der Waals surface area (Å²) in [5.74, 6) is -0.176. The lowest BCUT2D eigenvalue weighted by atomic mass is 10.1. The SMILES string of the molecule is Cc1cc(=O)oc2cc(OC(=O)c3ccc(Cn4cncn4)cc3)ccc12. The monoisotopic (exact) mass is 361 g/mol. The maximum atomic E-state index is 12.4. The second-order valence-corrected chi connectivity index (χ2v) is 6.09. The summed E-state index contributed by atoms with van der Waals surface area (Å²) in [7, 11) is 0. The van der Waals surface area contributed by atoms with E-state index in [2.05, 4.69) is 10.1 Å². The molecule has 2 heterocycles. The second-order valence-electron chi connectivity index (χ2n) is 6.09. The molecule has 0 radical (unpaired) electrons. The lowest BCUT2D eigenvalue weighted by Gasteiger charge is -2.07. The van der Waals surface area contributed by atoms with Gasteiger partial charge in [-0.05, 0) is 42.3 Å². The van der Waals surface area contributed by atoms with E-state index in [9.17, 15) is 9.59 Å². The molecule has 0 bridgehead atoms. The van der Waals surface area contributed by atoms with E-state index in [1.54, 1.807) is 41.3 Å². The number of hydrogen-bond donors (Lipinski definition) is 0. The van der Waals surface area contributed by atoms with Crippen LogP contribution in [0.4, 0.5) is 0 Å². The highest BCUT2D eigenvalue weighted by Crippen LogP contribution is 2.23. The Morgan fingerprint density at radius 1 is 1.15 bits per heavy atom. The minimum Gasteiger partial charge on any atom is -0.423 e. The number of benzene rings is 2. The summed E-state index contributed by atoms with van der Waals surface area (Å²) in [6.07, 6.45) is 3.10. The van der Waals surface area contributed by atoms with Crippen LogP contribution in [0.3, 0.4) is 0 Å². The quantitative estimate of drug-likeness (QED) is 0.315.